The highest BCUT2D eigenvalue weighted by atomic mass is 32.2. The zero-order chi connectivity index (χ0) is 18.7. The van der Waals surface area contributed by atoms with Crippen molar-refractivity contribution in [2.45, 2.75) is 36.5 Å². The van der Waals surface area contributed by atoms with Crippen LogP contribution in [-0.2, 0) is 15.6 Å². The summed E-state index contributed by atoms with van der Waals surface area (Å²) in [4.78, 5) is 14.6. The van der Waals surface area contributed by atoms with Crippen LogP contribution in [0, 0.1) is 6.92 Å². The molecule has 1 atom stereocenters. The van der Waals surface area contributed by atoms with Crippen LogP contribution >= 0.6 is 0 Å². The fourth-order valence-corrected chi connectivity index (χ4v) is 4.52. The minimum absolute atomic E-state index is 0.0339. The summed E-state index contributed by atoms with van der Waals surface area (Å²) in [7, 11) is -3.40. The van der Waals surface area contributed by atoms with Gasteiger partial charge in [0.1, 0.15) is 0 Å². The van der Waals surface area contributed by atoms with Gasteiger partial charge in [0.2, 0.25) is 0 Å². The molecule has 1 unspecified atom stereocenters. The van der Waals surface area contributed by atoms with Crippen molar-refractivity contribution in [2.75, 3.05) is 13.1 Å². The molecule has 0 radical (unpaired) electrons. The van der Waals surface area contributed by atoms with E-state index in [1.165, 1.54) is 0 Å². The van der Waals surface area contributed by atoms with Gasteiger partial charge in [-0.1, -0.05) is 29.8 Å². The van der Waals surface area contributed by atoms with Gasteiger partial charge in [-0.3, -0.25) is 4.79 Å². The first-order valence-corrected chi connectivity index (χ1v) is 10.4. The lowest BCUT2D eigenvalue weighted by Gasteiger charge is -2.30. The summed E-state index contributed by atoms with van der Waals surface area (Å²) in [5.74, 6) is -0.132. The first-order valence-electron chi connectivity index (χ1n) is 8.78. The molecule has 1 saturated heterocycles. The standard InChI is InChI=1S/C20H24N2O3S/c1-15-4-10-19(11-5-15)26(24,25)14-16-6-8-17(9-7-16)20(23)22-12-2-3-18(21)13-22/h4-11,18H,2-3,12-14,21H2,1H3. The lowest BCUT2D eigenvalue weighted by Crippen LogP contribution is -2.45. The summed E-state index contributed by atoms with van der Waals surface area (Å²) >= 11 is 0. The van der Waals surface area contributed by atoms with Gasteiger partial charge in [0.25, 0.3) is 5.91 Å². The third-order valence-corrected chi connectivity index (χ3v) is 6.39. The minimum atomic E-state index is -3.40. The second kappa shape index (κ2) is 7.60. The largest absolute Gasteiger partial charge is 0.337 e. The number of carbonyl (C=O) groups is 1. The van der Waals surface area contributed by atoms with E-state index in [2.05, 4.69) is 0 Å². The zero-order valence-corrected chi connectivity index (χ0v) is 15.7. The van der Waals surface area contributed by atoms with Crippen molar-refractivity contribution < 1.29 is 13.2 Å². The topological polar surface area (TPSA) is 80.5 Å². The van der Waals surface area contributed by atoms with Gasteiger partial charge in [-0.25, -0.2) is 8.42 Å². The van der Waals surface area contributed by atoms with E-state index >= 15 is 0 Å². The van der Waals surface area contributed by atoms with E-state index < -0.39 is 9.84 Å². The molecule has 0 saturated carbocycles. The SMILES string of the molecule is Cc1ccc(S(=O)(=O)Cc2ccc(C(=O)N3CCCC(N)C3)cc2)cc1. The lowest BCUT2D eigenvalue weighted by molar-refractivity contribution is 0.0709. The molecule has 0 aromatic heterocycles. The number of likely N-dealkylation sites (tertiary alicyclic amines) is 1. The van der Waals surface area contributed by atoms with Gasteiger partial charge < -0.3 is 10.6 Å². The first kappa shape index (κ1) is 18.6. The number of carbonyl (C=O) groups excluding carboxylic acids is 1. The van der Waals surface area contributed by atoms with Crippen LogP contribution in [0.5, 0.6) is 0 Å². The van der Waals surface area contributed by atoms with Crippen molar-refractivity contribution in [3.63, 3.8) is 0 Å². The smallest absolute Gasteiger partial charge is 0.253 e. The van der Waals surface area contributed by atoms with Gasteiger partial charge in [0.15, 0.2) is 9.84 Å². The molecule has 6 heteroatoms. The molecule has 1 aliphatic heterocycles. The van der Waals surface area contributed by atoms with Crippen molar-refractivity contribution in [1.82, 2.24) is 4.90 Å². The summed E-state index contributed by atoms with van der Waals surface area (Å²) in [6, 6.07) is 13.7. The maximum absolute atomic E-state index is 12.5. The molecule has 138 valence electrons. The number of sulfone groups is 1. The highest BCUT2D eigenvalue weighted by Crippen LogP contribution is 2.19. The Bertz CT molecular complexity index is 874. The van der Waals surface area contributed by atoms with Gasteiger partial charge in [-0.2, -0.15) is 0 Å². The number of amides is 1. The van der Waals surface area contributed by atoms with Crippen molar-refractivity contribution in [3.8, 4) is 0 Å². The van der Waals surface area contributed by atoms with E-state index in [0.717, 1.165) is 24.9 Å². The number of hydrogen-bond donors (Lipinski definition) is 1. The number of hydrogen-bond acceptors (Lipinski definition) is 4. The second-order valence-electron chi connectivity index (χ2n) is 6.92. The van der Waals surface area contributed by atoms with Crippen LogP contribution in [0.3, 0.4) is 0 Å². The summed E-state index contributed by atoms with van der Waals surface area (Å²) in [5.41, 5.74) is 8.19. The molecule has 1 amide bonds. The van der Waals surface area contributed by atoms with Crippen molar-refractivity contribution in [1.29, 1.82) is 0 Å². The minimum Gasteiger partial charge on any atom is -0.337 e. The average Bonchev–Trinajstić information content (AvgIpc) is 2.62. The lowest BCUT2D eigenvalue weighted by atomic mass is 10.0. The number of aryl methyl sites for hydroxylation is 1. The van der Waals surface area contributed by atoms with Crippen LogP contribution in [0.25, 0.3) is 0 Å². The van der Waals surface area contributed by atoms with Gasteiger partial charge in [-0.05, 0) is 49.6 Å². The Kier molecular flexibility index (Phi) is 5.44. The molecule has 1 fully saturated rings. The Hall–Kier alpha value is -2.18. The highest BCUT2D eigenvalue weighted by molar-refractivity contribution is 7.90. The molecule has 2 aromatic carbocycles. The van der Waals surface area contributed by atoms with Crippen LogP contribution < -0.4 is 5.73 Å². The summed E-state index contributed by atoms with van der Waals surface area (Å²) in [6.07, 6.45) is 1.86. The maximum Gasteiger partial charge on any atom is 0.253 e. The van der Waals surface area contributed by atoms with Crippen molar-refractivity contribution >= 4 is 15.7 Å². The highest BCUT2D eigenvalue weighted by Gasteiger charge is 2.22. The Labute approximate surface area is 154 Å². The summed E-state index contributed by atoms with van der Waals surface area (Å²) < 4.78 is 25.1. The zero-order valence-electron chi connectivity index (χ0n) is 14.9. The number of piperidine rings is 1. The molecular weight excluding hydrogens is 348 g/mol. The van der Waals surface area contributed by atoms with Gasteiger partial charge in [0.05, 0.1) is 10.6 Å². The summed E-state index contributed by atoms with van der Waals surface area (Å²) in [5, 5.41) is 0. The molecule has 0 aliphatic carbocycles. The van der Waals surface area contributed by atoms with Gasteiger partial charge in [-0.15, -0.1) is 0 Å². The molecule has 3 rings (SSSR count). The predicted molar refractivity (Wildman–Crippen MR) is 102 cm³/mol. The number of nitrogens with two attached hydrogens (primary N) is 1. The van der Waals surface area contributed by atoms with E-state index in [9.17, 15) is 13.2 Å². The van der Waals surface area contributed by atoms with E-state index in [1.54, 1.807) is 53.4 Å². The van der Waals surface area contributed by atoms with Crippen LogP contribution in [0.4, 0.5) is 0 Å². The number of rotatable bonds is 4. The molecule has 1 heterocycles. The maximum atomic E-state index is 12.5. The molecule has 2 N–H and O–H groups in total. The molecule has 2 aromatic rings. The Morgan fingerprint density at radius 3 is 2.38 bits per heavy atom. The van der Waals surface area contributed by atoms with E-state index in [1.807, 2.05) is 6.92 Å². The molecule has 26 heavy (non-hydrogen) atoms. The van der Waals surface area contributed by atoms with Gasteiger partial charge >= 0.3 is 0 Å². The van der Waals surface area contributed by atoms with Gasteiger partial charge in [0, 0.05) is 24.7 Å². The normalized spacial score (nSPS) is 17.9. The fraction of sp³-hybridized carbons (Fsp3) is 0.350. The predicted octanol–water partition coefficient (Wildman–Crippen LogP) is 2.53. The number of nitrogens with zero attached hydrogens (tertiary/aromatic N) is 1. The Morgan fingerprint density at radius 2 is 1.77 bits per heavy atom. The quantitative estimate of drug-likeness (QED) is 0.894. The van der Waals surface area contributed by atoms with Crippen molar-refractivity contribution in [3.05, 3.63) is 65.2 Å². The molecular formula is C20H24N2O3S. The van der Waals surface area contributed by atoms with E-state index in [4.69, 9.17) is 5.73 Å². The van der Waals surface area contributed by atoms with Crippen LogP contribution in [-0.4, -0.2) is 38.4 Å². The number of benzene rings is 2. The monoisotopic (exact) mass is 372 g/mol. The Balaban J connectivity index is 1.71. The van der Waals surface area contributed by atoms with E-state index in [0.29, 0.717) is 22.6 Å². The molecule has 0 bridgehead atoms. The third kappa shape index (κ3) is 4.31. The van der Waals surface area contributed by atoms with Crippen LogP contribution in [0.15, 0.2) is 53.4 Å². The van der Waals surface area contributed by atoms with Crippen molar-refractivity contribution in [2.24, 2.45) is 5.73 Å². The average molecular weight is 372 g/mol. The second-order valence-corrected chi connectivity index (χ2v) is 8.91. The van der Waals surface area contributed by atoms with Crippen LogP contribution in [0.1, 0.15) is 34.3 Å². The fourth-order valence-electron chi connectivity index (χ4n) is 3.17. The van der Waals surface area contributed by atoms with Crippen LogP contribution in [0.2, 0.25) is 0 Å². The first-order chi connectivity index (χ1) is 12.3. The molecule has 5 nitrogen and oxygen atoms in total. The third-order valence-electron chi connectivity index (χ3n) is 4.68. The molecule has 1 aliphatic rings. The van der Waals surface area contributed by atoms with E-state index in [-0.39, 0.29) is 17.7 Å². The summed E-state index contributed by atoms with van der Waals surface area (Å²) in [6.45, 7) is 3.21. The Morgan fingerprint density at radius 1 is 1.12 bits per heavy atom. The molecule has 0 spiro atoms.